The summed E-state index contributed by atoms with van der Waals surface area (Å²) in [7, 11) is 1.65. The van der Waals surface area contributed by atoms with Gasteiger partial charge in [-0.1, -0.05) is 30.3 Å². The molecular weight excluding hydrogens is 399 g/mol. The summed E-state index contributed by atoms with van der Waals surface area (Å²) < 4.78 is 30.5. The standard InChI is InChI=1S/C24H25FN2O4/c1-29-21-10-4-2-7-17(21)13-19-14-26-24(31-19)18-8-6-12-27(15-18)23(28)16-30-22-11-5-3-9-20(22)25/h2-5,7,9-11,14,18H,6,8,12-13,15-16H2,1H3. The normalized spacial score (nSPS) is 16.2. The van der Waals surface area contributed by atoms with Crippen molar-refractivity contribution < 1.29 is 23.1 Å². The zero-order chi connectivity index (χ0) is 21.6. The van der Waals surface area contributed by atoms with Crippen LogP contribution < -0.4 is 9.47 Å². The molecule has 1 saturated heterocycles. The maximum Gasteiger partial charge on any atom is 0.260 e. The Morgan fingerprint density at radius 2 is 1.97 bits per heavy atom. The smallest absolute Gasteiger partial charge is 0.260 e. The molecule has 0 N–H and O–H groups in total. The SMILES string of the molecule is COc1ccccc1Cc1cnc(C2CCCN(C(=O)COc3ccccc3F)C2)o1. The molecule has 0 aliphatic carbocycles. The van der Waals surface area contributed by atoms with E-state index in [1.54, 1.807) is 30.3 Å². The number of nitrogens with zero attached hydrogens (tertiary/aromatic N) is 2. The zero-order valence-corrected chi connectivity index (χ0v) is 17.4. The van der Waals surface area contributed by atoms with Gasteiger partial charge >= 0.3 is 0 Å². The monoisotopic (exact) mass is 424 g/mol. The van der Waals surface area contributed by atoms with Gasteiger partial charge in [0.2, 0.25) is 0 Å². The molecule has 0 radical (unpaired) electrons. The number of hydrogen-bond donors (Lipinski definition) is 0. The lowest BCUT2D eigenvalue weighted by molar-refractivity contribution is -0.134. The van der Waals surface area contributed by atoms with E-state index in [0.717, 1.165) is 29.9 Å². The summed E-state index contributed by atoms with van der Waals surface area (Å²) in [4.78, 5) is 18.8. The van der Waals surface area contributed by atoms with Gasteiger partial charge in [-0.2, -0.15) is 0 Å². The van der Waals surface area contributed by atoms with E-state index < -0.39 is 5.82 Å². The van der Waals surface area contributed by atoms with Crippen molar-refractivity contribution in [2.75, 3.05) is 26.8 Å². The fourth-order valence-electron chi connectivity index (χ4n) is 3.83. The van der Waals surface area contributed by atoms with Crippen LogP contribution in [0.5, 0.6) is 11.5 Å². The van der Waals surface area contributed by atoms with Crippen LogP contribution in [0.15, 0.2) is 59.1 Å². The molecule has 162 valence electrons. The molecule has 1 aliphatic heterocycles. The van der Waals surface area contributed by atoms with Gasteiger partial charge in [-0.25, -0.2) is 9.37 Å². The van der Waals surface area contributed by atoms with Gasteiger partial charge in [0.1, 0.15) is 11.5 Å². The molecule has 3 aromatic rings. The maximum atomic E-state index is 13.7. The Bertz CT molecular complexity index is 1040. The number of oxazole rings is 1. The van der Waals surface area contributed by atoms with Crippen molar-refractivity contribution in [2.45, 2.75) is 25.2 Å². The number of benzene rings is 2. The Labute approximate surface area is 180 Å². The summed E-state index contributed by atoms with van der Waals surface area (Å²) >= 11 is 0. The predicted octanol–water partition coefficient (Wildman–Crippen LogP) is 4.20. The third kappa shape index (κ3) is 5.05. The average molecular weight is 424 g/mol. The fraction of sp³-hybridized carbons (Fsp3) is 0.333. The summed E-state index contributed by atoms with van der Waals surface area (Å²) in [5, 5.41) is 0. The van der Waals surface area contributed by atoms with Crippen LogP contribution in [0, 0.1) is 5.82 Å². The van der Waals surface area contributed by atoms with Gasteiger partial charge in [-0.05, 0) is 31.0 Å². The van der Waals surface area contributed by atoms with Gasteiger partial charge in [-0.15, -0.1) is 0 Å². The van der Waals surface area contributed by atoms with Crippen molar-refractivity contribution in [3.05, 3.63) is 77.8 Å². The van der Waals surface area contributed by atoms with E-state index in [-0.39, 0.29) is 24.2 Å². The number of methoxy groups -OCH3 is 1. The number of halogens is 1. The highest BCUT2D eigenvalue weighted by Crippen LogP contribution is 2.28. The molecule has 1 atom stereocenters. The Balaban J connectivity index is 1.36. The number of rotatable bonds is 7. The highest BCUT2D eigenvalue weighted by atomic mass is 19.1. The van der Waals surface area contributed by atoms with Gasteiger partial charge in [0.15, 0.2) is 24.1 Å². The molecule has 2 aromatic carbocycles. The molecule has 1 fully saturated rings. The molecule has 0 bridgehead atoms. The van der Waals surface area contributed by atoms with Gasteiger partial charge in [-0.3, -0.25) is 4.79 Å². The van der Waals surface area contributed by atoms with Crippen LogP contribution in [-0.2, 0) is 11.2 Å². The van der Waals surface area contributed by atoms with E-state index >= 15 is 0 Å². The summed E-state index contributed by atoms with van der Waals surface area (Å²) in [6.45, 7) is 0.955. The number of aromatic nitrogens is 1. The quantitative estimate of drug-likeness (QED) is 0.569. The fourth-order valence-corrected chi connectivity index (χ4v) is 3.83. The number of para-hydroxylation sites is 2. The van der Waals surface area contributed by atoms with Crippen LogP contribution in [0.1, 0.15) is 36.0 Å². The lowest BCUT2D eigenvalue weighted by Crippen LogP contribution is -2.41. The van der Waals surface area contributed by atoms with E-state index in [4.69, 9.17) is 13.9 Å². The van der Waals surface area contributed by atoms with Crippen LogP contribution >= 0.6 is 0 Å². The Hall–Kier alpha value is -3.35. The minimum atomic E-state index is -0.478. The molecule has 0 spiro atoms. The maximum absolute atomic E-state index is 13.7. The minimum absolute atomic E-state index is 0.0255. The summed E-state index contributed by atoms with van der Waals surface area (Å²) in [6.07, 6.45) is 4.07. The van der Waals surface area contributed by atoms with Crippen LogP contribution in [0.2, 0.25) is 0 Å². The second-order valence-electron chi connectivity index (χ2n) is 7.55. The highest BCUT2D eigenvalue weighted by Gasteiger charge is 2.28. The van der Waals surface area contributed by atoms with Gasteiger partial charge in [0.25, 0.3) is 5.91 Å². The molecular formula is C24H25FN2O4. The van der Waals surface area contributed by atoms with E-state index in [2.05, 4.69) is 4.98 Å². The minimum Gasteiger partial charge on any atom is -0.496 e. The summed E-state index contributed by atoms with van der Waals surface area (Å²) in [5.41, 5.74) is 1.03. The first kappa shape index (κ1) is 20.9. The van der Waals surface area contributed by atoms with Gasteiger partial charge in [0.05, 0.1) is 19.2 Å². The van der Waals surface area contributed by atoms with Crippen LogP contribution in [0.25, 0.3) is 0 Å². The molecule has 4 rings (SSSR count). The molecule has 31 heavy (non-hydrogen) atoms. The first-order valence-corrected chi connectivity index (χ1v) is 10.4. The number of ether oxygens (including phenoxy) is 2. The number of hydrogen-bond acceptors (Lipinski definition) is 5. The first-order valence-electron chi connectivity index (χ1n) is 10.4. The van der Waals surface area contributed by atoms with E-state index in [0.29, 0.717) is 25.4 Å². The van der Waals surface area contributed by atoms with Crippen molar-refractivity contribution in [1.29, 1.82) is 0 Å². The zero-order valence-electron chi connectivity index (χ0n) is 17.4. The van der Waals surface area contributed by atoms with Crippen molar-refractivity contribution in [3.8, 4) is 11.5 Å². The number of amides is 1. The topological polar surface area (TPSA) is 64.8 Å². The van der Waals surface area contributed by atoms with Crippen molar-refractivity contribution in [1.82, 2.24) is 9.88 Å². The second kappa shape index (κ2) is 9.64. The third-order valence-electron chi connectivity index (χ3n) is 5.44. The molecule has 1 aliphatic rings. The van der Waals surface area contributed by atoms with Crippen molar-refractivity contribution >= 4 is 5.91 Å². The molecule has 1 amide bonds. The number of carbonyl (C=O) groups is 1. The Kier molecular flexibility index (Phi) is 6.50. The molecule has 6 nitrogen and oxygen atoms in total. The Morgan fingerprint density at radius 3 is 2.77 bits per heavy atom. The lowest BCUT2D eigenvalue weighted by atomic mass is 9.98. The predicted molar refractivity (Wildman–Crippen MR) is 113 cm³/mol. The highest BCUT2D eigenvalue weighted by molar-refractivity contribution is 5.78. The summed E-state index contributed by atoms with van der Waals surface area (Å²) in [6, 6.07) is 13.9. The van der Waals surface area contributed by atoms with E-state index in [9.17, 15) is 9.18 Å². The van der Waals surface area contributed by atoms with Crippen molar-refractivity contribution in [3.63, 3.8) is 0 Å². The first-order chi connectivity index (χ1) is 15.1. The molecule has 2 heterocycles. The number of likely N-dealkylation sites (tertiary alicyclic amines) is 1. The van der Waals surface area contributed by atoms with Gasteiger partial charge < -0.3 is 18.8 Å². The van der Waals surface area contributed by atoms with Crippen molar-refractivity contribution in [2.24, 2.45) is 0 Å². The number of piperidine rings is 1. The summed E-state index contributed by atoms with van der Waals surface area (Å²) in [5.74, 6) is 1.66. The molecule has 1 aromatic heterocycles. The number of carbonyl (C=O) groups excluding carboxylic acids is 1. The van der Waals surface area contributed by atoms with E-state index in [1.807, 2.05) is 24.3 Å². The van der Waals surface area contributed by atoms with Gasteiger partial charge in [0, 0.05) is 25.1 Å². The molecule has 1 unspecified atom stereocenters. The van der Waals surface area contributed by atoms with Crippen LogP contribution in [0.3, 0.4) is 0 Å². The molecule has 7 heteroatoms. The van der Waals surface area contributed by atoms with Crippen LogP contribution in [-0.4, -0.2) is 42.6 Å². The third-order valence-corrected chi connectivity index (χ3v) is 5.44. The average Bonchev–Trinajstić information content (AvgIpc) is 3.27. The van der Waals surface area contributed by atoms with E-state index in [1.165, 1.54) is 12.1 Å². The largest absolute Gasteiger partial charge is 0.496 e. The van der Waals surface area contributed by atoms with Crippen LogP contribution in [0.4, 0.5) is 4.39 Å². The lowest BCUT2D eigenvalue weighted by Gasteiger charge is -2.31. The molecule has 0 saturated carbocycles. The second-order valence-corrected chi connectivity index (χ2v) is 7.55. The Morgan fingerprint density at radius 1 is 1.19 bits per heavy atom.